The first-order valence-corrected chi connectivity index (χ1v) is 13.0. The zero-order valence-electron chi connectivity index (χ0n) is 17.1. The molecule has 30 heavy (non-hydrogen) atoms. The highest BCUT2D eigenvalue weighted by Gasteiger charge is 2.42. The van der Waals surface area contributed by atoms with Crippen molar-refractivity contribution in [2.45, 2.75) is 38.1 Å². The van der Waals surface area contributed by atoms with E-state index in [4.69, 9.17) is 13.9 Å². The SMILES string of the molecule is C[Si](C)(C)OC1(C#N)CCOc2cc(F)ccc21.O=C1CCOc2cc(F)ccc21. The fourth-order valence-corrected chi connectivity index (χ4v) is 4.69. The smallest absolute Gasteiger partial charge is 0.186 e. The van der Waals surface area contributed by atoms with Crippen LogP contribution >= 0.6 is 0 Å². The summed E-state index contributed by atoms with van der Waals surface area (Å²) in [7, 11) is -1.89. The Morgan fingerprint density at radius 2 is 1.67 bits per heavy atom. The van der Waals surface area contributed by atoms with Crippen LogP contribution in [0, 0.1) is 23.0 Å². The molecule has 1 unspecified atom stereocenters. The van der Waals surface area contributed by atoms with E-state index in [1.165, 1.54) is 30.3 Å². The van der Waals surface area contributed by atoms with Crippen molar-refractivity contribution in [3.05, 3.63) is 59.2 Å². The number of ketones is 1. The molecule has 158 valence electrons. The van der Waals surface area contributed by atoms with Crippen LogP contribution < -0.4 is 9.47 Å². The molecule has 0 fully saturated rings. The zero-order chi connectivity index (χ0) is 21.9. The fourth-order valence-electron chi connectivity index (χ4n) is 3.39. The van der Waals surface area contributed by atoms with Crippen LogP contribution in [0.5, 0.6) is 11.5 Å². The maximum absolute atomic E-state index is 13.2. The molecule has 8 heteroatoms. The van der Waals surface area contributed by atoms with Crippen LogP contribution in [0.4, 0.5) is 8.78 Å². The summed E-state index contributed by atoms with van der Waals surface area (Å²) in [5.74, 6) is 0.0718. The molecule has 0 radical (unpaired) electrons. The van der Waals surface area contributed by atoms with Crippen LogP contribution in [-0.2, 0) is 10.0 Å². The van der Waals surface area contributed by atoms with Gasteiger partial charge in [-0.3, -0.25) is 4.79 Å². The number of carbonyl (C=O) groups excluding carboxylic acids is 1. The molecule has 2 aliphatic rings. The fraction of sp³-hybridized carbons (Fsp3) is 0.364. The molecule has 0 saturated heterocycles. The monoisotopic (exact) mass is 431 g/mol. The van der Waals surface area contributed by atoms with Gasteiger partial charge in [0.1, 0.15) is 29.2 Å². The minimum Gasteiger partial charge on any atom is -0.493 e. The van der Waals surface area contributed by atoms with E-state index in [2.05, 4.69) is 6.07 Å². The number of halogens is 2. The van der Waals surface area contributed by atoms with Crippen molar-refractivity contribution in [3.63, 3.8) is 0 Å². The summed E-state index contributed by atoms with van der Waals surface area (Å²) in [5.41, 5.74) is 0.133. The molecular weight excluding hydrogens is 408 g/mol. The van der Waals surface area contributed by atoms with Gasteiger partial charge in [0.2, 0.25) is 0 Å². The first-order valence-electron chi connectivity index (χ1n) is 9.63. The Bertz CT molecular complexity index is 1000. The van der Waals surface area contributed by atoms with Crippen molar-refractivity contribution in [2.75, 3.05) is 13.2 Å². The second kappa shape index (κ2) is 8.54. The largest absolute Gasteiger partial charge is 0.493 e. The Balaban J connectivity index is 0.000000184. The summed E-state index contributed by atoms with van der Waals surface area (Å²) in [5, 5.41) is 9.52. The van der Waals surface area contributed by atoms with Crippen molar-refractivity contribution in [1.29, 1.82) is 5.26 Å². The number of nitrogens with zero attached hydrogens (tertiary/aromatic N) is 1. The summed E-state index contributed by atoms with van der Waals surface area (Å²) in [6.45, 7) is 6.82. The van der Waals surface area contributed by atoms with Crippen LogP contribution in [0.3, 0.4) is 0 Å². The molecule has 0 aliphatic carbocycles. The van der Waals surface area contributed by atoms with Crippen molar-refractivity contribution >= 4 is 14.1 Å². The Labute approximate surface area is 175 Å². The van der Waals surface area contributed by atoms with Gasteiger partial charge in [-0.25, -0.2) is 8.78 Å². The number of carbonyl (C=O) groups is 1. The van der Waals surface area contributed by atoms with Crippen molar-refractivity contribution in [3.8, 4) is 17.6 Å². The number of fused-ring (bicyclic) bond motifs is 2. The summed E-state index contributed by atoms with van der Waals surface area (Å²) in [6.07, 6.45) is 0.866. The molecule has 0 aromatic heterocycles. The number of Topliss-reactive ketones (excluding diaryl/α,β-unsaturated/α-hetero) is 1. The van der Waals surface area contributed by atoms with Crippen LogP contribution in [0.1, 0.15) is 28.8 Å². The number of hydrogen-bond donors (Lipinski definition) is 0. The van der Waals surface area contributed by atoms with Gasteiger partial charge in [0.15, 0.2) is 19.7 Å². The molecule has 0 N–H and O–H groups in total. The molecule has 2 aliphatic heterocycles. The maximum atomic E-state index is 13.2. The Morgan fingerprint density at radius 3 is 2.33 bits per heavy atom. The third-order valence-corrected chi connectivity index (χ3v) is 5.54. The normalized spacial score (nSPS) is 19.8. The van der Waals surface area contributed by atoms with E-state index in [1.54, 1.807) is 6.07 Å². The molecule has 2 heterocycles. The molecule has 4 rings (SSSR count). The second-order valence-corrected chi connectivity index (χ2v) is 12.5. The van der Waals surface area contributed by atoms with Gasteiger partial charge in [0, 0.05) is 30.5 Å². The lowest BCUT2D eigenvalue weighted by atomic mass is 9.89. The van der Waals surface area contributed by atoms with Crippen LogP contribution in [-0.4, -0.2) is 27.3 Å². The van der Waals surface area contributed by atoms with E-state index >= 15 is 0 Å². The quantitative estimate of drug-likeness (QED) is 0.628. The minimum atomic E-state index is -1.89. The third-order valence-electron chi connectivity index (χ3n) is 4.58. The van der Waals surface area contributed by atoms with Gasteiger partial charge in [0.05, 0.1) is 18.8 Å². The zero-order valence-corrected chi connectivity index (χ0v) is 18.1. The third kappa shape index (κ3) is 4.86. The Kier molecular flexibility index (Phi) is 6.24. The molecular formula is C22H23F2NO4Si. The van der Waals surface area contributed by atoms with Gasteiger partial charge in [-0.2, -0.15) is 5.26 Å². The van der Waals surface area contributed by atoms with E-state index in [-0.39, 0.29) is 17.4 Å². The lowest BCUT2D eigenvalue weighted by molar-refractivity contribution is 0.0661. The second-order valence-electron chi connectivity index (χ2n) is 8.05. The number of benzene rings is 2. The lowest BCUT2D eigenvalue weighted by Crippen LogP contribution is -2.42. The van der Waals surface area contributed by atoms with Crippen LogP contribution in [0.15, 0.2) is 36.4 Å². The Morgan fingerprint density at radius 1 is 1.03 bits per heavy atom. The van der Waals surface area contributed by atoms with Crippen LogP contribution in [0.2, 0.25) is 19.6 Å². The van der Waals surface area contributed by atoms with Crippen molar-refractivity contribution in [2.24, 2.45) is 0 Å². The highest BCUT2D eigenvalue weighted by atomic mass is 28.4. The molecule has 0 spiro atoms. The number of nitriles is 1. The van der Waals surface area contributed by atoms with Gasteiger partial charge < -0.3 is 13.9 Å². The molecule has 1 atom stereocenters. The van der Waals surface area contributed by atoms with Crippen molar-refractivity contribution < 1.29 is 27.5 Å². The van der Waals surface area contributed by atoms with E-state index in [9.17, 15) is 18.8 Å². The molecule has 2 aromatic carbocycles. The summed E-state index contributed by atoms with van der Waals surface area (Å²) >= 11 is 0. The lowest BCUT2D eigenvalue weighted by Gasteiger charge is -2.37. The van der Waals surface area contributed by atoms with E-state index in [0.29, 0.717) is 48.7 Å². The van der Waals surface area contributed by atoms with E-state index < -0.39 is 13.9 Å². The number of rotatable bonds is 2. The predicted molar refractivity (Wildman–Crippen MR) is 109 cm³/mol. The average molecular weight is 432 g/mol. The molecule has 0 bridgehead atoms. The topological polar surface area (TPSA) is 68.5 Å². The van der Waals surface area contributed by atoms with E-state index in [1.807, 2.05) is 19.6 Å². The van der Waals surface area contributed by atoms with Gasteiger partial charge in [-0.15, -0.1) is 0 Å². The van der Waals surface area contributed by atoms with Gasteiger partial charge >= 0.3 is 0 Å². The first kappa shape index (κ1) is 21.9. The first-order chi connectivity index (χ1) is 14.1. The highest BCUT2D eigenvalue weighted by Crippen LogP contribution is 2.41. The average Bonchev–Trinajstić information content (AvgIpc) is 2.67. The van der Waals surface area contributed by atoms with Gasteiger partial charge in [-0.05, 0) is 43.9 Å². The molecule has 0 amide bonds. The summed E-state index contributed by atoms with van der Waals surface area (Å²) < 4.78 is 42.4. The maximum Gasteiger partial charge on any atom is 0.186 e. The van der Waals surface area contributed by atoms with Crippen LogP contribution in [0.25, 0.3) is 0 Å². The predicted octanol–water partition coefficient (Wildman–Crippen LogP) is 4.97. The van der Waals surface area contributed by atoms with Gasteiger partial charge in [0.25, 0.3) is 0 Å². The Hall–Kier alpha value is -2.76. The molecule has 5 nitrogen and oxygen atoms in total. The standard InChI is InChI=1S/C13H16FNO2Si.C9H7FO2/c1-18(2,3)17-13(9-15)6-7-16-12-8-10(14)4-5-11(12)13;10-6-1-2-7-8(11)3-4-12-9(7)5-6/h4-5,8H,6-7H2,1-3H3;1-2,5H,3-4H2. The van der Waals surface area contributed by atoms with Gasteiger partial charge in [-0.1, -0.05) is 0 Å². The summed E-state index contributed by atoms with van der Waals surface area (Å²) in [4.78, 5) is 11.2. The molecule has 0 saturated carbocycles. The number of hydrogen-bond acceptors (Lipinski definition) is 5. The minimum absolute atomic E-state index is 0.0243. The van der Waals surface area contributed by atoms with Crippen molar-refractivity contribution in [1.82, 2.24) is 0 Å². The summed E-state index contributed by atoms with van der Waals surface area (Å²) in [6, 6.07) is 10.5. The molecule has 2 aromatic rings. The number of ether oxygens (including phenoxy) is 2. The van der Waals surface area contributed by atoms with E-state index in [0.717, 1.165) is 0 Å². The highest BCUT2D eigenvalue weighted by molar-refractivity contribution is 6.69.